The molecular weight excluding hydrogens is 409 g/mol. The Balaban J connectivity index is 1.91. The van der Waals surface area contributed by atoms with Crippen LogP contribution in [0.1, 0.15) is 11.1 Å². The summed E-state index contributed by atoms with van der Waals surface area (Å²) in [5, 5.41) is 5.75. The zero-order valence-electron chi connectivity index (χ0n) is 17.0. The van der Waals surface area contributed by atoms with Crippen molar-refractivity contribution >= 4 is 59.8 Å². The van der Waals surface area contributed by atoms with Crippen molar-refractivity contribution in [3.8, 4) is 0 Å². The summed E-state index contributed by atoms with van der Waals surface area (Å²) in [5.41, 5.74) is 3.77. The Labute approximate surface area is 179 Å². The Bertz CT molecular complexity index is 1880. The van der Waals surface area contributed by atoms with Gasteiger partial charge in [-0.1, -0.05) is 54.6 Å². The lowest BCUT2D eigenvalue weighted by Gasteiger charge is -2.18. The Kier molecular flexibility index (Phi) is 3.16. The Morgan fingerprint density at radius 3 is 2.28 bits per heavy atom. The van der Waals surface area contributed by atoms with Crippen LogP contribution in [0.25, 0.3) is 59.8 Å². The molecule has 3 heterocycles. The highest BCUT2D eigenvalue weighted by Gasteiger charge is 2.34. The zero-order valence-corrected chi connectivity index (χ0v) is 17.0. The maximum absolute atomic E-state index is 13.9. The van der Waals surface area contributed by atoms with Gasteiger partial charge in [-0.05, 0) is 40.8 Å². The van der Waals surface area contributed by atoms with Gasteiger partial charge in [0.25, 0.3) is 0 Å². The number of fused-ring (bicyclic) bond motifs is 7. The number of benzene rings is 4. The number of hydrogen-bond acceptors (Lipinski definition) is 1. The molecule has 32 heavy (non-hydrogen) atoms. The van der Waals surface area contributed by atoms with Crippen molar-refractivity contribution in [1.82, 2.24) is 9.38 Å². The Hall–Kier alpha value is -3.86. The van der Waals surface area contributed by atoms with Crippen LogP contribution >= 0.6 is 0 Å². The van der Waals surface area contributed by atoms with E-state index in [0.29, 0.717) is 10.9 Å². The quantitative estimate of drug-likeness (QED) is 0.179. The summed E-state index contributed by atoms with van der Waals surface area (Å²) in [6.07, 6.45) is -3.49. The molecule has 0 unspecified atom stereocenters. The molecule has 0 aliphatic heterocycles. The van der Waals surface area contributed by atoms with E-state index in [-0.39, 0.29) is 5.39 Å². The molecular formula is C27H15F3N2. The van der Waals surface area contributed by atoms with E-state index in [4.69, 9.17) is 0 Å². The van der Waals surface area contributed by atoms with Crippen molar-refractivity contribution in [2.75, 3.05) is 0 Å². The van der Waals surface area contributed by atoms with E-state index in [0.717, 1.165) is 55.2 Å². The van der Waals surface area contributed by atoms with Gasteiger partial charge < -0.3 is 4.40 Å². The maximum atomic E-state index is 13.9. The highest BCUT2D eigenvalue weighted by molar-refractivity contribution is 6.29. The van der Waals surface area contributed by atoms with Gasteiger partial charge in [0.15, 0.2) is 0 Å². The molecule has 0 saturated heterocycles. The van der Waals surface area contributed by atoms with Gasteiger partial charge in [-0.15, -0.1) is 0 Å². The lowest BCUT2D eigenvalue weighted by molar-refractivity contribution is -0.136. The van der Waals surface area contributed by atoms with Crippen LogP contribution in [0.3, 0.4) is 0 Å². The molecule has 0 radical (unpaired) electrons. The largest absolute Gasteiger partial charge is 0.418 e. The van der Waals surface area contributed by atoms with Crippen molar-refractivity contribution in [3.05, 3.63) is 84.1 Å². The van der Waals surface area contributed by atoms with E-state index in [1.807, 2.05) is 48.5 Å². The minimum absolute atomic E-state index is 0.190. The standard InChI is InChI=1S/C27H15F3N2/c1-14-16-7-3-2-6-15(16)12-20-24-23-19(21(13-31-24)27(28,29)30)11-10-18-17-8-4-5-9-22(17)32(25(14)20)26(18)23/h2-13H,1H3. The molecule has 5 heteroatoms. The molecule has 7 aromatic rings. The molecule has 0 bridgehead atoms. The van der Waals surface area contributed by atoms with Gasteiger partial charge in [-0.3, -0.25) is 4.98 Å². The number of hydrogen-bond donors (Lipinski definition) is 0. The normalized spacial score (nSPS) is 13.0. The third-order valence-electron chi connectivity index (χ3n) is 6.75. The smallest absolute Gasteiger partial charge is 0.308 e. The topological polar surface area (TPSA) is 17.3 Å². The fourth-order valence-corrected chi connectivity index (χ4v) is 5.43. The van der Waals surface area contributed by atoms with Crippen LogP contribution in [0.5, 0.6) is 0 Å². The molecule has 3 aromatic heterocycles. The SMILES string of the molecule is Cc1c2ccccc2cc2c3ncc(C(F)(F)F)c4ccc5c6ccccc6n(c12)c5c43. The number of pyridine rings is 2. The van der Waals surface area contributed by atoms with Crippen LogP contribution in [-0.4, -0.2) is 9.38 Å². The van der Waals surface area contributed by atoms with E-state index in [1.54, 1.807) is 6.07 Å². The summed E-state index contributed by atoms with van der Waals surface area (Å²) in [5.74, 6) is 0. The number of aryl methyl sites for hydroxylation is 1. The Morgan fingerprint density at radius 2 is 1.47 bits per heavy atom. The van der Waals surface area contributed by atoms with Crippen LogP contribution in [0.2, 0.25) is 0 Å². The number of rotatable bonds is 0. The zero-order chi connectivity index (χ0) is 21.8. The summed E-state index contributed by atoms with van der Waals surface area (Å²) in [6, 6.07) is 21.6. The summed E-state index contributed by atoms with van der Waals surface area (Å²) in [4.78, 5) is 4.41. The van der Waals surface area contributed by atoms with Crippen molar-refractivity contribution in [3.63, 3.8) is 0 Å². The summed E-state index contributed by atoms with van der Waals surface area (Å²) in [6.45, 7) is 2.08. The lowest BCUT2D eigenvalue weighted by atomic mass is 9.96. The number of halogens is 3. The van der Waals surface area contributed by atoms with Crippen LogP contribution in [0.15, 0.2) is 72.9 Å². The first-order valence-corrected chi connectivity index (χ1v) is 10.4. The first-order valence-electron chi connectivity index (χ1n) is 10.4. The van der Waals surface area contributed by atoms with Crippen LogP contribution in [0, 0.1) is 6.92 Å². The van der Waals surface area contributed by atoms with Gasteiger partial charge in [0, 0.05) is 27.7 Å². The first kappa shape index (κ1) is 17.8. The van der Waals surface area contributed by atoms with Crippen LogP contribution < -0.4 is 0 Å². The lowest BCUT2D eigenvalue weighted by Crippen LogP contribution is -2.07. The molecule has 0 spiro atoms. The third kappa shape index (κ3) is 2.03. The molecule has 0 atom stereocenters. The summed E-state index contributed by atoms with van der Waals surface area (Å²) < 4.78 is 43.8. The van der Waals surface area contributed by atoms with Crippen molar-refractivity contribution in [2.45, 2.75) is 13.1 Å². The fourth-order valence-electron chi connectivity index (χ4n) is 5.43. The molecule has 154 valence electrons. The second-order valence-corrected chi connectivity index (χ2v) is 8.37. The highest BCUT2D eigenvalue weighted by atomic mass is 19.4. The number of para-hydroxylation sites is 1. The third-order valence-corrected chi connectivity index (χ3v) is 6.75. The second-order valence-electron chi connectivity index (χ2n) is 8.37. The highest BCUT2D eigenvalue weighted by Crippen LogP contribution is 2.45. The fraction of sp³-hybridized carbons (Fsp3) is 0.0741. The van der Waals surface area contributed by atoms with E-state index >= 15 is 0 Å². The second kappa shape index (κ2) is 5.68. The van der Waals surface area contributed by atoms with Crippen molar-refractivity contribution in [2.24, 2.45) is 0 Å². The van der Waals surface area contributed by atoms with E-state index in [2.05, 4.69) is 28.4 Å². The van der Waals surface area contributed by atoms with Crippen LogP contribution in [0.4, 0.5) is 13.2 Å². The molecule has 0 amide bonds. The molecule has 7 rings (SSSR count). The summed E-state index contributed by atoms with van der Waals surface area (Å²) in [7, 11) is 0. The average Bonchev–Trinajstić information content (AvgIpc) is 3.13. The van der Waals surface area contributed by atoms with E-state index in [1.165, 1.54) is 0 Å². The van der Waals surface area contributed by atoms with Gasteiger partial charge >= 0.3 is 6.18 Å². The van der Waals surface area contributed by atoms with Crippen LogP contribution in [-0.2, 0) is 6.18 Å². The number of aromatic nitrogens is 2. The van der Waals surface area contributed by atoms with E-state index < -0.39 is 11.7 Å². The summed E-state index contributed by atoms with van der Waals surface area (Å²) >= 11 is 0. The molecule has 0 aliphatic carbocycles. The predicted molar refractivity (Wildman–Crippen MR) is 124 cm³/mol. The van der Waals surface area contributed by atoms with Crippen molar-refractivity contribution in [1.29, 1.82) is 0 Å². The van der Waals surface area contributed by atoms with Gasteiger partial charge in [0.05, 0.1) is 27.6 Å². The van der Waals surface area contributed by atoms with Crippen molar-refractivity contribution < 1.29 is 13.2 Å². The molecule has 2 nitrogen and oxygen atoms in total. The Morgan fingerprint density at radius 1 is 0.750 bits per heavy atom. The van der Waals surface area contributed by atoms with Gasteiger partial charge in [0.2, 0.25) is 0 Å². The van der Waals surface area contributed by atoms with Gasteiger partial charge in [-0.2, -0.15) is 13.2 Å². The minimum Gasteiger partial charge on any atom is -0.308 e. The molecule has 4 aromatic carbocycles. The first-order chi connectivity index (χ1) is 15.4. The maximum Gasteiger partial charge on any atom is 0.418 e. The average molecular weight is 424 g/mol. The number of nitrogens with zero attached hydrogens (tertiary/aromatic N) is 2. The monoisotopic (exact) mass is 424 g/mol. The number of alkyl halides is 3. The molecule has 0 aliphatic rings. The minimum atomic E-state index is -4.48. The van der Waals surface area contributed by atoms with E-state index in [9.17, 15) is 13.2 Å². The predicted octanol–water partition coefficient (Wildman–Crippen LogP) is 7.87. The molecule has 0 saturated carbocycles. The molecule has 0 fully saturated rings. The van der Waals surface area contributed by atoms with Gasteiger partial charge in [0.1, 0.15) is 0 Å². The molecule has 0 N–H and O–H groups in total. The van der Waals surface area contributed by atoms with Gasteiger partial charge in [-0.25, -0.2) is 0 Å².